The third-order valence-corrected chi connectivity index (χ3v) is 2.97. The number of aromatic amines is 1. The summed E-state index contributed by atoms with van der Waals surface area (Å²) in [5.74, 6) is 2.69. The second-order valence-corrected chi connectivity index (χ2v) is 4.98. The van der Waals surface area contributed by atoms with Gasteiger partial charge in [-0.1, -0.05) is 13.8 Å². The predicted molar refractivity (Wildman–Crippen MR) is 78.0 cm³/mol. The Morgan fingerprint density at radius 3 is 2.70 bits per heavy atom. The monoisotopic (exact) mass is 273 g/mol. The number of nitrogens with zero attached hydrogens (tertiary/aromatic N) is 4. The third kappa shape index (κ3) is 3.63. The van der Waals surface area contributed by atoms with Crippen LogP contribution in [-0.2, 0) is 6.42 Å². The minimum atomic E-state index is -0.123. The van der Waals surface area contributed by atoms with Crippen LogP contribution in [0.5, 0.6) is 0 Å². The zero-order chi connectivity index (χ0) is 14.5. The maximum atomic E-state index is 11.2. The molecule has 0 saturated heterocycles. The fraction of sp³-hybridized carbons (Fsp3) is 0.429. The van der Waals surface area contributed by atoms with E-state index in [2.05, 4.69) is 33.8 Å². The SMILES string of the molecule is CC(C)c1nccc(N(C)CCc2nccc(=O)[nH]2)n1. The average Bonchev–Trinajstić information content (AvgIpc) is 2.45. The molecule has 0 radical (unpaired) electrons. The molecule has 0 unspecified atom stereocenters. The van der Waals surface area contributed by atoms with Crippen molar-refractivity contribution in [1.82, 2.24) is 19.9 Å². The third-order valence-electron chi connectivity index (χ3n) is 2.97. The largest absolute Gasteiger partial charge is 0.359 e. The molecule has 6 heteroatoms. The molecule has 2 rings (SSSR count). The van der Waals surface area contributed by atoms with Crippen LogP contribution < -0.4 is 10.5 Å². The highest BCUT2D eigenvalue weighted by Crippen LogP contribution is 2.13. The van der Waals surface area contributed by atoms with Gasteiger partial charge in [0.2, 0.25) is 0 Å². The first-order chi connectivity index (χ1) is 9.56. The molecule has 106 valence electrons. The van der Waals surface area contributed by atoms with Gasteiger partial charge in [0.15, 0.2) is 0 Å². The lowest BCUT2D eigenvalue weighted by atomic mass is 10.2. The van der Waals surface area contributed by atoms with Crippen molar-refractivity contribution < 1.29 is 0 Å². The summed E-state index contributed by atoms with van der Waals surface area (Å²) < 4.78 is 0. The second-order valence-electron chi connectivity index (χ2n) is 4.98. The molecule has 0 saturated carbocycles. The minimum Gasteiger partial charge on any atom is -0.359 e. The van der Waals surface area contributed by atoms with E-state index in [1.165, 1.54) is 12.3 Å². The van der Waals surface area contributed by atoms with Gasteiger partial charge in [0.25, 0.3) is 5.56 Å². The molecule has 0 amide bonds. The molecule has 0 bridgehead atoms. The molecule has 0 atom stereocenters. The number of likely N-dealkylation sites (N-methyl/N-ethyl adjacent to an activating group) is 1. The number of rotatable bonds is 5. The summed E-state index contributed by atoms with van der Waals surface area (Å²) in [6, 6.07) is 3.29. The maximum absolute atomic E-state index is 11.2. The molecule has 0 spiro atoms. The number of hydrogen-bond donors (Lipinski definition) is 1. The van der Waals surface area contributed by atoms with Crippen LogP contribution in [0, 0.1) is 0 Å². The van der Waals surface area contributed by atoms with Crippen LogP contribution in [-0.4, -0.2) is 33.5 Å². The molecule has 2 heterocycles. The Hall–Kier alpha value is -2.24. The predicted octanol–water partition coefficient (Wildman–Crippen LogP) is 1.36. The van der Waals surface area contributed by atoms with Crippen molar-refractivity contribution in [3.63, 3.8) is 0 Å². The highest BCUT2D eigenvalue weighted by Gasteiger charge is 2.07. The van der Waals surface area contributed by atoms with Crippen LogP contribution in [0.3, 0.4) is 0 Å². The van der Waals surface area contributed by atoms with Crippen LogP contribution in [0.2, 0.25) is 0 Å². The van der Waals surface area contributed by atoms with Gasteiger partial charge in [-0.2, -0.15) is 0 Å². The Balaban J connectivity index is 2.03. The summed E-state index contributed by atoms with van der Waals surface area (Å²) in [7, 11) is 1.97. The topological polar surface area (TPSA) is 74.8 Å². The van der Waals surface area contributed by atoms with Gasteiger partial charge in [0, 0.05) is 44.4 Å². The fourth-order valence-electron chi connectivity index (χ4n) is 1.78. The van der Waals surface area contributed by atoms with E-state index in [0.717, 1.165) is 18.2 Å². The van der Waals surface area contributed by atoms with Gasteiger partial charge in [0.1, 0.15) is 17.5 Å². The van der Waals surface area contributed by atoms with Crippen LogP contribution in [0.25, 0.3) is 0 Å². The van der Waals surface area contributed by atoms with Crippen molar-refractivity contribution in [2.24, 2.45) is 0 Å². The Morgan fingerprint density at radius 1 is 1.25 bits per heavy atom. The molecule has 0 aliphatic heterocycles. The van der Waals surface area contributed by atoms with E-state index in [4.69, 9.17) is 0 Å². The van der Waals surface area contributed by atoms with E-state index in [0.29, 0.717) is 18.2 Å². The smallest absolute Gasteiger partial charge is 0.250 e. The first-order valence-corrected chi connectivity index (χ1v) is 6.64. The molecule has 20 heavy (non-hydrogen) atoms. The van der Waals surface area contributed by atoms with Crippen molar-refractivity contribution in [2.45, 2.75) is 26.2 Å². The lowest BCUT2D eigenvalue weighted by molar-refractivity contribution is 0.753. The number of hydrogen-bond acceptors (Lipinski definition) is 5. The standard InChI is InChI=1S/C14H19N5O/c1-10(2)14-16-7-4-12(18-14)19(3)9-6-11-15-8-5-13(20)17-11/h4-5,7-8,10H,6,9H2,1-3H3,(H,15,17,20). The quantitative estimate of drug-likeness (QED) is 0.890. The van der Waals surface area contributed by atoms with Gasteiger partial charge in [-0.25, -0.2) is 15.0 Å². The summed E-state index contributed by atoms with van der Waals surface area (Å²) in [6.45, 7) is 4.86. The summed E-state index contributed by atoms with van der Waals surface area (Å²) in [4.78, 5) is 28.9. The molecule has 0 aromatic carbocycles. The van der Waals surface area contributed by atoms with E-state index in [1.807, 2.05) is 18.0 Å². The van der Waals surface area contributed by atoms with Crippen LogP contribution in [0.1, 0.15) is 31.4 Å². The molecule has 2 aromatic heterocycles. The van der Waals surface area contributed by atoms with Crippen molar-refractivity contribution in [2.75, 3.05) is 18.5 Å². The number of H-pyrrole nitrogens is 1. The summed E-state index contributed by atoms with van der Waals surface area (Å²) in [6.07, 6.45) is 3.96. The van der Waals surface area contributed by atoms with Crippen molar-refractivity contribution in [3.05, 3.63) is 46.5 Å². The van der Waals surface area contributed by atoms with Crippen molar-refractivity contribution in [3.8, 4) is 0 Å². The Labute approximate surface area is 117 Å². The molecule has 1 N–H and O–H groups in total. The fourth-order valence-corrected chi connectivity index (χ4v) is 1.78. The molecule has 0 aliphatic rings. The summed E-state index contributed by atoms with van der Waals surface area (Å²) in [5.41, 5.74) is -0.123. The average molecular weight is 273 g/mol. The van der Waals surface area contributed by atoms with Crippen LogP contribution >= 0.6 is 0 Å². The van der Waals surface area contributed by atoms with Gasteiger partial charge in [0.05, 0.1) is 0 Å². The Morgan fingerprint density at radius 2 is 2.00 bits per heavy atom. The van der Waals surface area contributed by atoms with E-state index >= 15 is 0 Å². The maximum Gasteiger partial charge on any atom is 0.250 e. The highest BCUT2D eigenvalue weighted by molar-refractivity contribution is 5.36. The Bertz CT molecular complexity index is 623. The minimum absolute atomic E-state index is 0.123. The van der Waals surface area contributed by atoms with Gasteiger partial charge in [-0.05, 0) is 6.07 Å². The first kappa shape index (κ1) is 14.2. The van der Waals surface area contributed by atoms with Crippen LogP contribution in [0.15, 0.2) is 29.3 Å². The van der Waals surface area contributed by atoms with Gasteiger partial charge >= 0.3 is 0 Å². The highest BCUT2D eigenvalue weighted by atomic mass is 16.1. The van der Waals surface area contributed by atoms with Gasteiger partial charge in [-0.3, -0.25) is 4.79 Å². The zero-order valence-electron chi connectivity index (χ0n) is 12.0. The lowest BCUT2D eigenvalue weighted by Crippen LogP contribution is -2.23. The van der Waals surface area contributed by atoms with E-state index < -0.39 is 0 Å². The van der Waals surface area contributed by atoms with Crippen LogP contribution in [0.4, 0.5) is 5.82 Å². The van der Waals surface area contributed by atoms with Gasteiger partial charge < -0.3 is 9.88 Å². The zero-order valence-corrected chi connectivity index (χ0v) is 12.0. The van der Waals surface area contributed by atoms with Crippen molar-refractivity contribution >= 4 is 5.82 Å². The Kier molecular flexibility index (Phi) is 4.45. The summed E-state index contributed by atoms with van der Waals surface area (Å²) in [5, 5.41) is 0. The number of aromatic nitrogens is 4. The molecular weight excluding hydrogens is 254 g/mol. The van der Waals surface area contributed by atoms with E-state index in [1.54, 1.807) is 6.20 Å². The van der Waals surface area contributed by atoms with E-state index in [-0.39, 0.29) is 5.56 Å². The number of nitrogens with one attached hydrogen (secondary N) is 1. The molecule has 6 nitrogen and oxygen atoms in total. The van der Waals surface area contributed by atoms with E-state index in [9.17, 15) is 4.79 Å². The number of anilines is 1. The van der Waals surface area contributed by atoms with Gasteiger partial charge in [-0.15, -0.1) is 0 Å². The molecular formula is C14H19N5O. The second kappa shape index (κ2) is 6.27. The van der Waals surface area contributed by atoms with Crippen molar-refractivity contribution in [1.29, 1.82) is 0 Å². The molecule has 0 aliphatic carbocycles. The molecule has 0 fully saturated rings. The lowest BCUT2D eigenvalue weighted by Gasteiger charge is -2.18. The summed E-state index contributed by atoms with van der Waals surface area (Å²) >= 11 is 0. The normalized spacial score (nSPS) is 10.8. The molecule has 2 aromatic rings. The first-order valence-electron chi connectivity index (χ1n) is 6.64.